The van der Waals surface area contributed by atoms with Gasteiger partial charge >= 0.3 is 0 Å². The highest BCUT2D eigenvalue weighted by atomic mass is 16.5. The van der Waals surface area contributed by atoms with Crippen LogP contribution in [0.1, 0.15) is 29.8 Å². The lowest BCUT2D eigenvalue weighted by Gasteiger charge is -2.18. The van der Waals surface area contributed by atoms with Crippen molar-refractivity contribution in [2.24, 2.45) is 0 Å². The normalized spacial score (nSPS) is 12.0. The van der Waals surface area contributed by atoms with Gasteiger partial charge in [0.05, 0.1) is 19.9 Å². The number of nitrogens with zero attached hydrogens (tertiary/aromatic N) is 1. The van der Waals surface area contributed by atoms with Crippen molar-refractivity contribution >= 4 is 0 Å². The van der Waals surface area contributed by atoms with E-state index in [0.29, 0.717) is 0 Å². The molecule has 0 aliphatic rings. The van der Waals surface area contributed by atoms with Gasteiger partial charge in [-0.2, -0.15) is 0 Å². The molecule has 0 saturated heterocycles. The van der Waals surface area contributed by atoms with E-state index in [9.17, 15) is 0 Å². The van der Waals surface area contributed by atoms with E-state index in [1.807, 2.05) is 37.4 Å². The van der Waals surface area contributed by atoms with Gasteiger partial charge in [0, 0.05) is 30.4 Å². The summed E-state index contributed by atoms with van der Waals surface area (Å²) in [5.41, 5.74) is 3.30. The lowest BCUT2D eigenvalue weighted by atomic mass is 10.1. The standard InChI is InChI=1S/C17H22N2O2/c1-12-5-6-14(19-10-12)11-18-13(2)16-8-7-15(20-3)9-17(16)21-4/h5-10,13,18H,11H2,1-4H3. The number of hydrogen-bond acceptors (Lipinski definition) is 4. The van der Waals surface area contributed by atoms with E-state index in [0.717, 1.165) is 29.3 Å². The van der Waals surface area contributed by atoms with E-state index in [2.05, 4.69) is 23.3 Å². The van der Waals surface area contributed by atoms with E-state index in [4.69, 9.17) is 9.47 Å². The van der Waals surface area contributed by atoms with Crippen LogP contribution in [0.4, 0.5) is 0 Å². The number of rotatable bonds is 6. The number of pyridine rings is 1. The highest BCUT2D eigenvalue weighted by Gasteiger charge is 2.12. The SMILES string of the molecule is COc1ccc(C(C)NCc2ccc(C)cn2)c(OC)c1. The highest BCUT2D eigenvalue weighted by molar-refractivity contribution is 5.42. The molecular weight excluding hydrogens is 264 g/mol. The molecule has 1 atom stereocenters. The molecule has 4 nitrogen and oxygen atoms in total. The van der Waals surface area contributed by atoms with Crippen molar-refractivity contribution in [2.45, 2.75) is 26.4 Å². The van der Waals surface area contributed by atoms with Gasteiger partial charge in [-0.3, -0.25) is 4.98 Å². The van der Waals surface area contributed by atoms with Crippen LogP contribution in [0.3, 0.4) is 0 Å². The third-order valence-electron chi connectivity index (χ3n) is 3.47. The minimum atomic E-state index is 0.161. The number of nitrogens with one attached hydrogen (secondary N) is 1. The first-order valence-electron chi connectivity index (χ1n) is 7.01. The molecule has 1 unspecified atom stereocenters. The van der Waals surface area contributed by atoms with Gasteiger partial charge in [-0.25, -0.2) is 0 Å². The van der Waals surface area contributed by atoms with Crippen molar-refractivity contribution in [3.8, 4) is 11.5 Å². The van der Waals surface area contributed by atoms with Gasteiger partial charge in [0.2, 0.25) is 0 Å². The van der Waals surface area contributed by atoms with Crippen molar-refractivity contribution in [3.63, 3.8) is 0 Å². The van der Waals surface area contributed by atoms with E-state index >= 15 is 0 Å². The molecule has 0 aliphatic carbocycles. The Labute approximate surface area is 126 Å². The summed E-state index contributed by atoms with van der Waals surface area (Å²) in [7, 11) is 3.33. The summed E-state index contributed by atoms with van der Waals surface area (Å²) in [5.74, 6) is 1.62. The maximum Gasteiger partial charge on any atom is 0.127 e. The smallest absolute Gasteiger partial charge is 0.127 e. The molecule has 1 aromatic carbocycles. The molecule has 0 amide bonds. The average molecular weight is 286 g/mol. The highest BCUT2D eigenvalue weighted by Crippen LogP contribution is 2.29. The van der Waals surface area contributed by atoms with Gasteiger partial charge in [-0.15, -0.1) is 0 Å². The van der Waals surface area contributed by atoms with E-state index in [1.54, 1.807) is 14.2 Å². The molecule has 0 radical (unpaired) electrons. The molecule has 1 aromatic heterocycles. The van der Waals surface area contributed by atoms with Crippen molar-refractivity contribution in [2.75, 3.05) is 14.2 Å². The number of benzene rings is 1. The Balaban J connectivity index is 2.05. The molecule has 1 heterocycles. The van der Waals surface area contributed by atoms with Crippen molar-refractivity contribution in [1.29, 1.82) is 0 Å². The van der Waals surface area contributed by atoms with E-state index < -0.39 is 0 Å². The molecule has 21 heavy (non-hydrogen) atoms. The van der Waals surface area contributed by atoms with Crippen LogP contribution >= 0.6 is 0 Å². The Kier molecular flexibility index (Phi) is 5.17. The number of aryl methyl sites for hydroxylation is 1. The molecular formula is C17H22N2O2. The molecule has 2 rings (SSSR count). The van der Waals surface area contributed by atoms with Gasteiger partial charge in [-0.05, 0) is 31.5 Å². The Morgan fingerprint density at radius 2 is 1.95 bits per heavy atom. The molecule has 0 spiro atoms. The summed E-state index contributed by atoms with van der Waals surface area (Å²) >= 11 is 0. The molecule has 0 saturated carbocycles. The summed E-state index contributed by atoms with van der Waals surface area (Å²) < 4.78 is 10.7. The first-order valence-corrected chi connectivity index (χ1v) is 7.01. The number of ether oxygens (including phenoxy) is 2. The first kappa shape index (κ1) is 15.3. The lowest BCUT2D eigenvalue weighted by molar-refractivity contribution is 0.385. The number of methoxy groups -OCH3 is 2. The fourth-order valence-corrected chi connectivity index (χ4v) is 2.15. The fourth-order valence-electron chi connectivity index (χ4n) is 2.15. The molecule has 0 fully saturated rings. The zero-order chi connectivity index (χ0) is 15.2. The predicted octanol–water partition coefficient (Wildman–Crippen LogP) is 3.26. The van der Waals surface area contributed by atoms with Crippen molar-refractivity contribution in [3.05, 3.63) is 53.3 Å². The predicted molar refractivity (Wildman–Crippen MR) is 83.8 cm³/mol. The molecule has 0 aliphatic heterocycles. The second-order valence-electron chi connectivity index (χ2n) is 5.04. The van der Waals surface area contributed by atoms with Crippen LogP contribution in [0.5, 0.6) is 11.5 Å². The van der Waals surface area contributed by atoms with Crippen molar-refractivity contribution < 1.29 is 9.47 Å². The molecule has 1 N–H and O–H groups in total. The summed E-state index contributed by atoms with van der Waals surface area (Å²) in [6, 6.07) is 10.1. The maximum atomic E-state index is 5.44. The zero-order valence-electron chi connectivity index (χ0n) is 13.0. The summed E-state index contributed by atoms with van der Waals surface area (Å²) in [6.07, 6.45) is 1.88. The minimum absolute atomic E-state index is 0.161. The minimum Gasteiger partial charge on any atom is -0.497 e. The van der Waals surface area contributed by atoms with Crippen LogP contribution in [0.2, 0.25) is 0 Å². The second kappa shape index (κ2) is 7.09. The molecule has 0 bridgehead atoms. The van der Waals surface area contributed by atoms with Crippen LogP contribution in [-0.4, -0.2) is 19.2 Å². The fraction of sp³-hybridized carbons (Fsp3) is 0.353. The van der Waals surface area contributed by atoms with Crippen molar-refractivity contribution in [1.82, 2.24) is 10.3 Å². The zero-order valence-corrected chi connectivity index (χ0v) is 13.0. The Hall–Kier alpha value is -2.07. The maximum absolute atomic E-state index is 5.44. The van der Waals surface area contributed by atoms with Gasteiger partial charge in [-0.1, -0.05) is 12.1 Å². The summed E-state index contributed by atoms with van der Waals surface area (Å²) in [4.78, 5) is 4.40. The van der Waals surface area contributed by atoms with E-state index in [1.165, 1.54) is 5.56 Å². The van der Waals surface area contributed by atoms with Gasteiger partial charge < -0.3 is 14.8 Å². The lowest BCUT2D eigenvalue weighted by Crippen LogP contribution is -2.19. The Bertz CT molecular complexity index is 582. The second-order valence-corrected chi connectivity index (χ2v) is 5.04. The largest absolute Gasteiger partial charge is 0.497 e. The topological polar surface area (TPSA) is 43.4 Å². The third kappa shape index (κ3) is 3.95. The van der Waals surface area contributed by atoms with Gasteiger partial charge in [0.15, 0.2) is 0 Å². The average Bonchev–Trinajstić information content (AvgIpc) is 2.53. The summed E-state index contributed by atoms with van der Waals surface area (Å²) in [5, 5.41) is 3.46. The molecule has 2 aromatic rings. The van der Waals surface area contributed by atoms with Crippen LogP contribution < -0.4 is 14.8 Å². The van der Waals surface area contributed by atoms with Gasteiger partial charge in [0.1, 0.15) is 11.5 Å². The van der Waals surface area contributed by atoms with Crippen LogP contribution in [0.25, 0.3) is 0 Å². The van der Waals surface area contributed by atoms with Crippen LogP contribution in [-0.2, 0) is 6.54 Å². The monoisotopic (exact) mass is 286 g/mol. The quantitative estimate of drug-likeness (QED) is 0.885. The van der Waals surface area contributed by atoms with Crippen LogP contribution in [0, 0.1) is 6.92 Å². The summed E-state index contributed by atoms with van der Waals surface area (Å²) in [6.45, 7) is 4.87. The van der Waals surface area contributed by atoms with Gasteiger partial charge in [0.25, 0.3) is 0 Å². The molecule has 112 valence electrons. The number of hydrogen-bond donors (Lipinski definition) is 1. The van der Waals surface area contributed by atoms with Crippen LogP contribution in [0.15, 0.2) is 36.5 Å². The molecule has 4 heteroatoms. The Morgan fingerprint density at radius 3 is 2.57 bits per heavy atom. The first-order chi connectivity index (χ1) is 10.1. The van der Waals surface area contributed by atoms with E-state index in [-0.39, 0.29) is 6.04 Å². The number of aromatic nitrogens is 1. The third-order valence-corrected chi connectivity index (χ3v) is 3.47. The Morgan fingerprint density at radius 1 is 1.14 bits per heavy atom.